The van der Waals surface area contributed by atoms with Gasteiger partial charge in [-0.1, -0.05) is 57.2 Å². The van der Waals surface area contributed by atoms with Gasteiger partial charge in [0.15, 0.2) is 12.6 Å². The molecule has 0 bridgehead atoms. The fourth-order valence-electron chi connectivity index (χ4n) is 2.80. The van der Waals surface area contributed by atoms with Gasteiger partial charge < -0.3 is 21.1 Å². The summed E-state index contributed by atoms with van der Waals surface area (Å²) in [6, 6.07) is 16.3. The second-order valence-electron chi connectivity index (χ2n) is 7.95. The van der Waals surface area contributed by atoms with Crippen LogP contribution in [0.25, 0.3) is 0 Å². The van der Waals surface area contributed by atoms with Crippen LogP contribution < -0.4 is 21.1 Å². The van der Waals surface area contributed by atoms with Crippen molar-refractivity contribution in [2.75, 3.05) is 20.2 Å². The maximum Gasteiger partial charge on any atom is 0.255 e. The van der Waals surface area contributed by atoms with Crippen LogP contribution in [0.4, 0.5) is 0 Å². The van der Waals surface area contributed by atoms with Gasteiger partial charge in [-0.3, -0.25) is 9.79 Å². The lowest BCUT2D eigenvalue weighted by Gasteiger charge is -2.19. The van der Waals surface area contributed by atoms with Crippen LogP contribution in [0.1, 0.15) is 37.5 Å². The summed E-state index contributed by atoms with van der Waals surface area (Å²) in [5.41, 5.74) is 8.94. The summed E-state index contributed by atoms with van der Waals surface area (Å²) in [6.07, 6.45) is 0.918. The first-order chi connectivity index (χ1) is 13.8. The van der Waals surface area contributed by atoms with E-state index < -0.39 is 5.91 Å². The van der Waals surface area contributed by atoms with Crippen molar-refractivity contribution in [1.82, 2.24) is 10.6 Å². The van der Waals surface area contributed by atoms with Crippen LogP contribution in [0.3, 0.4) is 0 Å². The number of primary amides is 1. The number of rotatable bonds is 8. The molecule has 0 saturated heterocycles. The third-order valence-electron chi connectivity index (χ3n) is 4.49. The molecule has 0 heterocycles. The largest absolute Gasteiger partial charge is 0.484 e. The molecule has 0 aliphatic rings. The highest BCUT2D eigenvalue weighted by atomic mass is 127. The first-order valence-electron chi connectivity index (χ1n) is 9.82. The Hall–Kier alpha value is -2.29. The molecule has 0 aliphatic heterocycles. The zero-order chi connectivity index (χ0) is 21.3. The normalized spacial score (nSPS) is 11.4. The van der Waals surface area contributed by atoms with Gasteiger partial charge in [-0.05, 0) is 40.7 Å². The van der Waals surface area contributed by atoms with E-state index in [4.69, 9.17) is 10.5 Å². The summed E-state index contributed by atoms with van der Waals surface area (Å²) in [6.45, 7) is 7.91. The van der Waals surface area contributed by atoms with Crippen molar-refractivity contribution in [2.45, 2.75) is 39.2 Å². The van der Waals surface area contributed by atoms with Crippen molar-refractivity contribution in [1.29, 1.82) is 0 Å². The maximum absolute atomic E-state index is 10.8. The van der Waals surface area contributed by atoms with E-state index in [9.17, 15) is 4.79 Å². The Morgan fingerprint density at radius 3 is 2.37 bits per heavy atom. The smallest absolute Gasteiger partial charge is 0.255 e. The van der Waals surface area contributed by atoms with E-state index in [1.54, 1.807) is 13.1 Å². The first kappa shape index (κ1) is 25.7. The second-order valence-corrected chi connectivity index (χ2v) is 7.95. The highest BCUT2D eigenvalue weighted by Gasteiger charge is 2.12. The van der Waals surface area contributed by atoms with Crippen molar-refractivity contribution >= 4 is 35.8 Å². The monoisotopic (exact) mass is 524 g/mol. The summed E-state index contributed by atoms with van der Waals surface area (Å²) >= 11 is 0. The molecule has 0 aliphatic carbocycles. The lowest BCUT2D eigenvalue weighted by molar-refractivity contribution is -0.119. The molecule has 4 N–H and O–H groups in total. The minimum absolute atomic E-state index is 0. The number of nitrogens with zero attached hydrogens (tertiary/aromatic N) is 1. The number of carbonyl (C=O) groups excluding carboxylic acids is 1. The lowest BCUT2D eigenvalue weighted by atomic mass is 9.86. The Morgan fingerprint density at radius 1 is 1.07 bits per heavy atom. The molecule has 0 aromatic heterocycles. The van der Waals surface area contributed by atoms with Gasteiger partial charge in [0, 0.05) is 20.1 Å². The van der Waals surface area contributed by atoms with Crippen molar-refractivity contribution in [3.63, 3.8) is 0 Å². The van der Waals surface area contributed by atoms with Crippen LogP contribution >= 0.6 is 24.0 Å². The predicted octanol–water partition coefficient (Wildman–Crippen LogP) is 3.37. The Bertz CT molecular complexity index is 830. The molecule has 1 amide bonds. The summed E-state index contributed by atoms with van der Waals surface area (Å²) < 4.78 is 5.34. The van der Waals surface area contributed by atoms with Crippen molar-refractivity contribution in [3.8, 4) is 5.75 Å². The van der Waals surface area contributed by atoms with Gasteiger partial charge >= 0.3 is 0 Å². The number of guanidine groups is 1. The minimum atomic E-state index is -0.494. The van der Waals surface area contributed by atoms with Crippen molar-refractivity contribution in [3.05, 3.63) is 65.2 Å². The zero-order valence-corrected chi connectivity index (χ0v) is 20.5. The Morgan fingerprint density at radius 2 is 1.77 bits per heavy atom. The average molecular weight is 524 g/mol. The average Bonchev–Trinajstić information content (AvgIpc) is 2.69. The number of halogens is 1. The highest BCUT2D eigenvalue weighted by Crippen LogP contribution is 2.22. The Labute approximate surface area is 196 Å². The molecule has 0 unspecified atom stereocenters. The van der Waals surface area contributed by atoms with E-state index in [0.29, 0.717) is 12.3 Å². The number of hydrogen-bond acceptors (Lipinski definition) is 3. The second kappa shape index (κ2) is 12.4. The summed E-state index contributed by atoms with van der Waals surface area (Å²) in [7, 11) is 1.75. The molecule has 7 heteroatoms. The Kier molecular flexibility index (Phi) is 10.7. The van der Waals surface area contributed by atoms with Crippen LogP contribution in [0, 0.1) is 0 Å². The van der Waals surface area contributed by atoms with Gasteiger partial charge in [0.1, 0.15) is 5.75 Å². The number of aliphatic imine (C=N–C) groups is 1. The van der Waals surface area contributed by atoms with Crippen LogP contribution in [0.2, 0.25) is 0 Å². The maximum atomic E-state index is 10.8. The van der Waals surface area contributed by atoms with E-state index in [0.717, 1.165) is 24.5 Å². The van der Waals surface area contributed by atoms with Gasteiger partial charge in [-0.15, -0.1) is 24.0 Å². The Balaban J connectivity index is 0.00000450. The molecule has 0 saturated carbocycles. The summed E-state index contributed by atoms with van der Waals surface area (Å²) in [4.78, 5) is 15.1. The molecule has 6 nitrogen and oxygen atoms in total. The minimum Gasteiger partial charge on any atom is -0.484 e. The lowest BCUT2D eigenvalue weighted by Crippen LogP contribution is -2.37. The molecule has 0 fully saturated rings. The van der Waals surface area contributed by atoms with E-state index in [2.05, 4.69) is 60.7 Å². The molecule has 164 valence electrons. The summed E-state index contributed by atoms with van der Waals surface area (Å²) in [5, 5.41) is 6.62. The molecule has 2 aromatic carbocycles. The molecule has 0 spiro atoms. The quantitative estimate of drug-likeness (QED) is 0.281. The molecule has 0 radical (unpaired) electrons. The van der Waals surface area contributed by atoms with Crippen LogP contribution in [0.15, 0.2) is 53.5 Å². The molecular formula is C23H33IN4O2. The predicted molar refractivity (Wildman–Crippen MR) is 134 cm³/mol. The van der Waals surface area contributed by atoms with Gasteiger partial charge in [0.2, 0.25) is 0 Å². The number of amides is 1. The van der Waals surface area contributed by atoms with Gasteiger partial charge in [-0.2, -0.15) is 0 Å². The summed E-state index contributed by atoms with van der Waals surface area (Å²) in [5.74, 6) is 0.857. The number of hydrogen-bond donors (Lipinski definition) is 3. The SMILES string of the molecule is CN=C(NCCc1ccc(C(C)(C)C)cc1)NCc1cccc(OCC(N)=O)c1.I. The highest BCUT2D eigenvalue weighted by molar-refractivity contribution is 14.0. The number of benzene rings is 2. The first-order valence-corrected chi connectivity index (χ1v) is 9.82. The number of carbonyl (C=O) groups is 1. The van der Waals surface area contributed by atoms with Crippen molar-refractivity contribution < 1.29 is 9.53 Å². The van der Waals surface area contributed by atoms with Gasteiger partial charge in [0.05, 0.1) is 0 Å². The van der Waals surface area contributed by atoms with Crippen molar-refractivity contribution in [2.24, 2.45) is 10.7 Å². The number of nitrogens with two attached hydrogens (primary N) is 1. The number of ether oxygens (including phenoxy) is 1. The standard InChI is InChI=1S/C23H32N4O2.HI/c1-23(2,3)19-10-8-17(9-11-19)12-13-26-22(25-4)27-15-18-6-5-7-20(14-18)29-16-21(24)28;/h5-11,14H,12-13,15-16H2,1-4H3,(H2,24,28)(H2,25,26,27);1H. The number of nitrogens with one attached hydrogen (secondary N) is 2. The molecule has 2 aromatic rings. The van der Waals surface area contributed by atoms with Crippen LogP contribution in [-0.2, 0) is 23.2 Å². The topological polar surface area (TPSA) is 88.7 Å². The van der Waals surface area contributed by atoms with E-state index in [1.807, 2.05) is 18.2 Å². The molecule has 2 rings (SSSR count). The zero-order valence-electron chi connectivity index (χ0n) is 18.2. The molecular weight excluding hydrogens is 491 g/mol. The van der Waals surface area contributed by atoms with Crippen LogP contribution in [-0.4, -0.2) is 32.1 Å². The third kappa shape index (κ3) is 9.02. The van der Waals surface area contributed by atoms with Gasteiger partial charge in [0.25, 0.3) is 5.91 Å². The van der Waals surface area contributed by atoms with E-state index in [1.165, 1.54) is 11.1 Å². The molecule has 30 heavy (non-hydrogen) atoms. The van der Waals surface area contributed by atoms with E-state index >= 15 is 0 Å². The molecule has 0 atom stereocenters. The van der Waals surface area contributed by atoms with Crippen LogP contribution in [0.5, 0.6) is 5.75 Å². The van der Waals surface area contributed by atoms with Gasteiger partial charge in [-0.25, -0.2) is 0 Å². The third-order valence-corrected chi connectivity index (χ3v) is 4.49. The fraction of sp³-hybridized carbons (Fsp3) is 0.391. The van der Waals surface area contributed by atoms with E-state index in [-0.39, 0.29) is 36.0 Å². The fourth-order valence-corrected chi connectivity index (χ4v) is 2.80.